The Bertz CT molecular complexity index is 828. The fourth-order valence-corrected chi connectivity index (χ4v) is 2.87. The minimum atomic E-state index is -4.56. The number of ether oxygens (including phenoxy) is 1. The van der Waals surface area contributed by atoms with E-state index in [0.29, 0.717) is 0 Å². The van der Waals surface area contributed by atoms with E-state index in [9.17, 15) is 18.0 Å². The molecule has 0 spiro atoms. The van der Waals surface area contributed by atoms with Gasteiger partial charge in [0.15, 0.2) is 11.4 Å². The third kappa shape index (κ3) is 3.47. The lowest BCUT2D eigenvalue weighted by molar-refractivity contribution is -0.137. The number of carbonyl (C=O) groups is 1. The summed E-state index contributed by atoms with van der Waals surface area (Å²) in [5.74, 6) is -0.415. The first-order chi connectivity index (χ1) is 12.2. The molecule has 2 heterocycles. The van der Waals surface area contributed by atoms with Gasteiger partial charge in [-0.05, 0) is 17.7 Å². The van der Waals surface area contributed by atoms with Gasteiger partial charge in [-0.2, -0.15) is 13.2 Å². The average molecular weight is 369 g/mol. The van der Waals surface area contributed by atoms with E-state index in [0.717, 1.165) is 18.2 Å². The Kier molecular flexibility index (Phi) is 4.55. The molecule has 3 rings (SSSR count). The summed E-state index contributed by atoms with van der Waals surface area (Å²) in [6.07, 6.45) is -2.11. The van der Waals surface area contributed by atoms with Gasteiger partial charge in [-0.3, -0.25) is 9.78 Å². The van der Waals surface area contributed by atoms with E-state index in [4.69, 9.17) is 4.74 Å². The Labute approximate surface area is 146 Å². The molecule has 5 nitrogen and oxygen atoms in total. The SMILES string of the molecule is COc1cncc(C(=O)N2CC[C@@](F)(c3cccc(C(F)(F)F)c3)C2)n1. The maximum Gasteiger partial charge on any atom is 0.416 e. The highest BCUT2D eigenvalue weighted by atomic mass is 19.4. The average Bonchev–Trinajstić information content (AvgIpc) is 3.04. The van der Waals surface area contributed by atoms with Crippen LogP contribution in [0.15, 0.2) is 36.7 Å². The van der Waals surface area contributed by atoms with Gasteiger partial charge in [-0.15, -0.1) is 0 Å². The number of likely N-dealkylation sites (tertiary alicyclic amines) is 1. The molecule has 1 aliphatic rings. The van der Waals surface area contributed by atoms with Crippen LogP contribution in [-0.2, 0) is 11.8 Å². The number of nitrogens with zero attached hydrogens (tertiary/aromatic N) is 3. The van der Waals surface area contributed by atoms with Crippen LogP contribution in [0.1, 0.15) is 28.0 Å². The van der Waals surface area contributed by atoms with Crippen LogP contribution in [0.3, 0.4) is 0 Å². The van der Waals surface area contributed by atoms with Gasteiger partial charge in [-0.1, -0.05) is 12.1 Å². The van der Waals surface area contributed by atoms with Crippen molar-refractivity contribution in [2.24, 2.45) is 0 Å². The maximum absolute atomic E-state index is 15.3. The van der Waals surface area contributed by atoms with Crippen molar-refractivity contribution >= 4 is 5.91 Å². The number of hydrogen-bond donors (Lipinski definition) is 0. The Morgan fingerprint density at radius 3 is 2.77 bits per heavy atom. The van der Waals surface area contributed by atoms with Gasteiger partial charge in [0.25, 0.3) is 5.91 Å². The third-order valence-electron chi connectivity index (χ3n) is 4.25. The third-order valence-corrected chi connectivity index (χ3v) is 4.25. The second-order valence-electron chi connectivity index (χ2n) is 5.97. The van der Waals surface area contributed by atoms with Gasteiger partial charge in [0, 0.05) is 13.0 Å². The molecule has 0 radical (unpaired) electrons. The van der Waals surface area contributed by atoms with Gasteiger partial charge in [-0.25, -0.2) is 9.37 Å². The number of aromatic nitrogens is 2. The molecule has 1 atom stereocenters. The van der Waals surface area contributed by atoms with Crippen molar-refractivity contribution in [2.45, 2.75) is 18.3 Å². The van der Waals surface area contributed by atoms with Crippen molar-refractivity contribution in [1.29, 1.82) is 0 Å². The smallest absolute Gasteiger partial charge is 0.416 e. The Morgan fingerprint density at radius 2 is 2.08 bits per heavy atom. The zero-order valence-electron chi connectivity index (χ0n) is 13.8. The lowest BCUT2D eigenvalue weighted by Gasteiger charge is -2.22. The fourth-order valence-electron chi connectivity index (χ4n) is 2.87. The van der Waals surface area contributed by atoms with E-state index in [1.54, 1.807) is 0 Å². The summed E-state index contributed by atoms with van der Waals surface area (Å²) in [6, 6.07) is 4.14. The summed E-state index contributed by atoms with van der Waals surface area (Å²) < 4.78 is 58.8. The Morgan fingerprint density at radius 1 is 1.31 bits per heavy atom. The molecule has 0 bridgehead atoms. The zero-order valence-corrected chi connectivity index (χ0v) is 13.8. The summed E-state index contributed by atoms with van der Waals surface area (Å²) in [7, 11) is 1.37. The van der Waals surface area contributed by atoms with Crippen LogP contribution in [0.4, 0.5) is 17.6 Å². The van der Waals surface area contributed by atoms with E-state index in [-0.39, 0.29) is 36.6 Å². The molecule has 0 unspecified atom stereocenters. The van der Waals surface area contributed by atoms with Crippen molar-refractivity contribution in [3.8, 4) is 5.88 Å². The highest BCUT2D eigenvalue weighted by Gasteiger charge is 2.43. The molecule has 1 saturated heterocycles. The first-order valence-electron chi connectivity index (χ1n) is 7.75. The van der Waals surface area contributed by atoms with Crippen LogP contribution in [0.2, 0.25) is 0 Å². The number of hydrogen-bond acceptors (Lipinski definition) is 4. The van der Waals surface area contributed by atoms with E-state index >= 15 is 4.39 Å². The van der Waals surface area contributed by atoms with Crippen molar-refractivity contribution in [3.63, 3.8) is 0 Å². The molecule has 1 aromatic carbocycles. The molecule has 0 saturated carbocycles. The van der Waals surface area contributed by atoms with Crippen molar-refractivity contribution < 1.29 is 27.1 Å². The number of carbonyl (C=O) groups excluding carboxylic acids is 1. The standard InChI is InChI=1S/C17H15F4N3O2/c1-26-14-9-22-8-13(23-14)15(25)24-6-5-16(18,10-24)11-3-2-4-12(7-11)17(19,20)21/h2-4,7-9H,5-6,10H2,1H3/t16-/m0/s1. The largest absolute Gasteiger partial charge is 0.480 e. The first kappa shape index (κ1) is 18.1. The van der Waals surface area contributed by atoms with Crippen LogP contribution >= 0.6 is 0 Å². The highest BCUT2D eigenvalue weighted by molar-refractivity contribution is 5.92. The molecule has 1 amide bonds. The predicted molar refractivity (Wildman–Crippen MR) is 83.3 cm³/mol. The quantitative estimate of drug-likeness (QED) is 0.780. The second kappa shape index (κ2) is 6.54. The molecule has 1 fully saturated rings. The molecule has 2 aromatic rings. The minimum absolute atomic E-state index is 0.0161. The summed E-state index contributed by atoms with van der Waals surface area (Å²) in [6.45, 7) is -0.295. The Balaban J connectivity index is 1.82. The summed E-state index contributed by atoms with van der Waals surface area (Å²) >= 11 is 0. The van der Waals surface area contributed by atoms with E-state index in [1.807, 2.05) is 0 Å². The van der Waals surface area contributed by atoms with Crippen molar-refractivity contribution in [2.75, 3.05) is 20.2 Å². The molecule has 0 N–H and O–H groups in total. The number of halogens is 4. The topological polar surface area (TPSA) is 55.3 Å². The van der Waals surface area contributed by atoms with Crippen molar-refractivity contribution in [1.82, 2.24) is 14.9 Å². The monoisotopic (exact) mass is 369 g/mol. The number of amides is 1. The first-order valence-corrected chi connectivity index (χ1v) is 7.75. The van der Waals surface area contributed by atoms with Crippen LogP contribution in [0.25, 0.3) is 0 Å². The molecule has 0 aliphatic carbocycles. The minimum Gasteiger partial charge on any atom is -0.480 e. The molecule has 1 aromatic heterocycles. The summed E-state index contributed by atoms with van der Waals surface area (Å²) in [5, 5.41) is 0. The lowest BCUT2D eigenvalue weighted by Crippen LogP contribution is -2.33. The lowest BCUT2D eigenvalue weighted by atomic mass is 9.93. The van der Waals surface area contributed by atoms with Gasteiger partial charge in [0.2, 0.25) is 5.88 Å². The van der Waals surface area contributed by atoms with Gasteiger partial charge in [0.1, 0.15) is 0 Å². The van der Waals surface area contributed by atoms with Gasteiger partial charge < -0.3 is 9.64 Å². The zero-order chi connectivity index (χ0) is 18.9. The van der Waals surface area contributed by atoms with Crippen LogP contribution in [0, 0.1) is 0 Å². The van der Waals surface area contributed by atoms with Gasteiger partial charge in [0.05, 0.1) is 31.6 Å². The van der Waals surface area contributed by atoms with Crippen LogP contribution in [-0.4, -0.2) is 41.0 Å². The number of rotatable bonds is 3. The number of alkyl halides is 4. The molecule has 26 heavy (non-hydrogen) atoms. The molecule has 138 valence electrons. The second-order valence-corrected chi connectivity index (χ2v) is 5.97. The molecular weight excluding hydrogens is 354 g/mol. The fraction of sp³-hybridized carbons (Fsp3) is 0.353. The van der Waals surface area contributed by atoms with Crippen LogP contribution in [0.5, 0.6) is 5.88 Å². The van der Waals surface area contributed by atoms with E-state index < -0.39 is 23.3 Å². The van der Waals surface area contributed by atoms with Crippen LogP contribution < -0.4 is 4.74 Å². The maximum atomic E-state index is 15.3. The Hall–Kier alpha value is -2.71. The summed E-state index contributed by atoms with van der Waals surface area (Å²) in [5.41, 5.74) is -3.09. The predicted octanol–water partition coefficient (Wildman–Crippen LogP) is 3.21. The normalized spacial score (nSPS) is 20.3. The molecule has 9 heteroatoms. The van der Waals surface area contributed by atoms with Crippen molar-refractivity contribution in [3.05, 3.63) is 53.5 Å². The van der Waals surface area contributed by atoms with Gasteiger partial charge >= 0.3 is 6.18 Å². The molecular formula is C17H15F4N3O2. The van der Waals surface area contributed by atoms with E-state index in [1.165, 1.54) is 30.5 Å². The molecule has 1 aliphatic heterocycles. The number of methoxy groups -OCH3 is 1. The number of benzene rings is 1. The summed E-state index contributed by atoms with van der Waals surface area (Å²) in [4.78, 5) is 21.5. The highest BCUT2D eigenvalue weighted by Crippen LogP contribution is 2.39. The van der Waals surface area contributed by atoms with E-state index in [2.05, 4.69) is 9.97 Å².